The Kier molecular flexibility index (Phi) is 8.97. The molecule has 2 atom stereocenters. The van der Waals surface area contributed by atoms with Crippen LogP contribution in [-0.4, -0.2) is 11.6 Å². The first-order valence-electron chi connectivity index (χ1n) is 23.0. The van der Waals surface area contributed by atoms with Gasteiger partial charge < -0.3 is 9.47 Å². The van der Waals surface area contributed by atoms with Gasteiger partial charge in [0.2, 0.25) is 0 Å². The van der Waals surface area contributed by atoms with Gasteiger partial charge in [-0.2, -0.15) is 0 Å². The maximum absolute atomic E-state index is 4.18. The highest BCUT2D eigenvalue weighted by Gasteiger charge is 2.33. The van der Waals surface area contributed by atoms with Crippen LogP contribution in [-0.2, 0) is 0 Å². The largest absolute Gasteiger partial charge is 0.355 e. The summed E-state index contributed by atoms with van der Waals surface area (Å²) in [5, 5.41) is 14.3. The van der Waals surface area contributed by atoms with Gasteiger partial charge in [-0.15, -0.1) is 0 Å². The summed E-state index contributed by atoms with van der Waals surface area (Å²) in [7, 11) is 2.23. The quantitative estimate of drug-likeness (QED) is 0.180. The molecule has 1 aliphatic heterocycles. The lowest BCUT2D eigenvalue weighted by atomic mass is 9.89. The highest BCUT2D eigenvalue weighted by Crippen LogP contribution is 2.45. The number of fused-ring (bicyclic) bond motifs is 9. The second-order valence-electron chi connectivity index (χ2n) is 17.7. The summed E-state index contributed by atoms with van der Waals surface area (Å²) in [4.78, 5) is 2.42. The van der Waals surface area contributed by atoms with Crippen molar-refractivity contribution in [2.75, 3.05) is 11.9 Å². The fourth-order valence-electron chi connectivity index (χ4n) is 10.9. The van der Waals surface area contributed by atoms with E-state index in [-0.39, 0.29) is 12.2 Å². The molecule has 1 aliphatic rings. The molecule has 12 aromatic rings. The molecule has 13 rings (SSSR count). The van der Waals surface area contributed by atoms with Crippen LogP contribution < -0.4 is 10.2 Å². The minimum atomic E-state index is -0.0921. The molecule has 3 heteroatoms. The summed E-state index contributed by atoms with van der Waals surface area (Å²) in [5.74, 6) is 0. The molecule has 0 spiro atoms. The lowest BCUT2D eigenvalue weighted by Gasteiger charge is -2.42. The smallest absolute Gasteiger partial charge is 0.107 e. The average molecular weight is 844 g/mol. The van der Waals surface area contributed by atoms with Gasteiger partial charge in [-0.1, -0.05) is 194 Å². The lowest BCUT2D eigenvalue weighted by Crippen LogP contribution is -2.43. The van der Waals surface area contributed by atoms with Crippen molar-refractivity contribution in [3.63, 3.8) is 0 Å². The zero-order chi connectivity index (χ0) is 43.7. The summed E-state index contributed by atoms with van der Waals surface area (Å²) in [6, 6.07) is 87.0. The normalized spacial score (nSPS) is 15.0. The predicted octanol–water partition coefficient (Wildman–Crippen LogP) is 16.1. The molecule has 1 N–H and O–H groups in total. The van der Waals surface area contributed by atoms with Crippen LogP contribution in [0.3, 0.4) is 0 Å². The van der Waals surface area contributed by atoms with E-state index >= 15 is 0 Å². The van der Waals surface area contributed by atoms with Gasteiger partial charge in [0.1, 0.15) is 6.17 Å². The first-order chi connectivity index (χ1) is 32.7. The molecule has 11 aromatic carbocycles. The van der Waals surface area contributed by atoms with Gasteiger partial charge in [-0.3, -0.25) is 5.32 Å². The van der Waals surface area contributed by atoms with E-state index in [1.54, 1.807) is 0 Å². The van der Waals surface area contributed by atoms with Gasteiger partial charge in [-0.25, -0.2) is 0 Å². The molecular formula is C63H45N3. The van der Waals surface area contributed by atoms with Gasteiger partial charge in [-0.05, 0) is 119 Å². The van der Waals surface area contributed by atoms with Gasteiger partial charge in [0.15, 0.2) is 0 Å². The van der Waals surface area contributed by atoms with Crippen LogP contribution in [0.5, 0.6) is 0 Å². The van der Waals surface area contributed by atoms with Crippen LogP contribution in [0.4, 0.5) is 5.69 Å². The van der Waals surface area contributed by atoms with E-state index in [2.05, 4.69) is 258 Å². The molecule has 0 saturated carbocycles. The van der Waals surface area contributed by atoms with E-state index in [9.17, 15) is 0 Å². The first kappa shape index (κ1) is 38.2. The van der Waals surface area contributed by atoms with Crippen molar-refractivity contribution >= 4 is 59.8 Å². The topological polar surface area (TPSA) is 20.2 Å². The Morgan fingerprint density at radius 3 is 1.44 bits per heavy atom. The maximum Gasteiger partial charge on any atom is 0.107 e. The molecule has 0 aliphatic carbocycles. The van der Waals surface area contributed by atoms with Crippen molar-refractivity contribution in [1.82, 2.24) is 9.88 Å². The van der Waals surface area contributed by atoms with E-state index in [0.29, 0.717) is 0 Å². The monoisotopic (exact) mass is 843 g/mol. The Labute approximate surface area is 384 Å². The number of nitrogens with one attached hydrogen (secondary N) is 1. The van der Waals surface area contributed by atoms with Crippen molar-refractivity contribution in [3.05, 3.63) is 253 Å². The molecule has 312 valence electrons. The summed E-state index contributed by atoms with van der Waals surface area (Å²) in [6.45, 7) is 0. The van der Waals surface area contributed by atoms with Crippen LogP contribution in [0.15, 0.2) is 237 Å². The zero-order valence-electron chi connectivity index (χ0n) is 36.6. The first-order valence-corrected chi connectivity index (χ1v) is 23.0. The molecule has 0 saturated heterocycles. The Hall–Kier alpha value is -8.24. The number of nitrogens with zero attached hydrogens (tertiary/aromatic N) is 2. The van der Waals surface area contributed by atoms with E-state index in [1.165, 1.54) is 116 Å². The Bertz CT molecular complexity index is 3660. The molecule has 66 heavy (non-hydrogen) atoms. The third-order valence-electron chi connectivity index (χ3n) is 14.1. The molecule has 2 unspecified atom stereocenters. The second kappa shape index (κ2) is 15.5. The van der Waals surface area contributed by atoms with Crippen LogP contribution in [0.2, 0.25) is 0 Å². The number of hydrogen-bond donors (Lipinski definition) is 1. The molecular weight excluding hydrogens is 799 g/mol. The molecule has 0 radical (unpaired) electrons. The van der Waals surface area contributed by atoms with E-state index in [0.717, 1.165) is 0 Å². The summed E-state index contributed by atoms with van der Waals surface area (Å²) in [5.41, 5.74) is 15.8. The third kappa shape index (κ3) is 6.16. The van der Waals surface area contributed by atoms with Gasteiger partial charge >= 0.3 is 0 Å². The Morgan fingerprint density at radius 1 is 0.348 bits per heavy atom. The molecule has 1 aromatic heterocycles. The Morgan fingerprint density at radius 2 is 0.818 bits per heavy atom. The third-order valence-corrected chi connectivity index (χ3v) is 14.1. The Balaban J connectivity index is 0.924. The molecule has 0 amide bonds. The summed E-state index contributed by atoms with van der Waals surface area (Å²) >= 11 is 0. The van der Waals surface area contributed by atoms with Crippen LogP contribution in [0.1, 0.15) is 28.9 Å². The van der Waals surface area contributed by atoms with E-state index in [4.69, 9.17) is 0 Å². The van der Waals surface area contributed by atoms with Crippen molar-refractivity contribution in [1.29, 1.82) is 0 Å². The van der Waals surface area contributed by atoms with Gasteiger partial charge in [0.25, 0.3) is 0 Å². The highest BCUT2D eigenvalue weighted by atomic mass is 15.3. The number of rotatable bonds is 6. The summed E-state index contributed by atoms with van der Waals surface area (Å²) in [6.07, 6.45) is -0.0921. The standard InChI is InChI=1S/C63H45N3/c1-65-56-28-13-12-24-55(56)62(46-32-30-43(31-33-46)49-39-47(41-16-4-2-5-17-41)38-48(40-49)42-18-6-3-7-19-42)64-63(65)54-27-14-26-53-52(54)25-15-29-57(53)66-58-36-34-44-20-8-10-22-50(44)60(58)61-51-23-11-9-21-45(51)35-37-59(61)66/h2-40,62-64H,1H3. The van der Waals surface area contributed by atoms with E-state index < -0.39 is 0 Å². The predicted molar refractivity (Wildman–Crippen MR) is 279 cm³/mol. The minimum Gasteiger partial charge on any atom is -0.355 e. The van der Waals surface area contributed by atoms with Crippen molar-refractivity contribution in [2.24, 2.45) is 0 Å². The van der Waals surface area contributed by atoms with E-state index in [1.807, 2.05) is 0 Å². The minimum absolute atomic E-state index is 0.0238. The van der Waals surface area contributed by atoms with Crippen molar-refractivity contribution in [2.45, 2.75) is 12.2 Å². The fourth-order valence-corrected chi connectivity index (χ4v) is 10.9. The number of benzene rings is 11. The van der Waals surface area contributed by atoms with Gasteiger partial charge in [0, 0.05) is 28.9 Å². The number of hydrogen-bond acceptors (Lipinski definition) is 2. The second-order valence-corrected chi connectivity index (χ2v) is 17.7. The average Bonchev–Trinajstić information content (AvgIpc) is 3.74. The molecule has 0 fully saturated rings. The number of aromatic nitrogens is 1. The SMILES string of the molecule is CN1c2ccccc2C(c2ccc(-c3cc(-c4ccccc4)cc(-c4ccccc4)c3)cc2)NC1c1cccc2c(-n3c4ccc5ccccc5c4c4c5ccccc5ccc43)cccc12. The van der Waals surface area contributed by atoms with Gasteiger partial charge in [0.05, 0.1) is 22.8 Å². The number of para-hydroxylation sites is 1. The maximum atomic E-state index is 4.18. The zero-order valence-corrected chi connectivity index (χ0v) is 36.6. The molecule has 2 heterocycles. The fraction of sp³-hybridized carbons (Fsp3) is 0.0476. The molecule has 0 bridgehead atoms. The van der Waals surface area contributed by atoms with Crippen LogP contribution >= 0.6 is 0 Å². The lowest BCUT2D eigenvalue weighted by molar-refractivity contribution is 0.456. The van der Waals surface area contributed by atoms with Crippen molar-refractivity contribution < 1.29 is 0 Å². The highest BCUT2D eigenvalue weighted by molar-refractivity contribution is 6.28. The summed E-state index contributed by atoms with van der Waals surface area (Å²) < 4.78 is 2.51. The van der Waals surface area contributed by atoms with Crippen molar-refractivity contribution in [3.8, 4) is 39.1 Å². The van der Waals surface area contributed by atoms with Crippen LogP contribution in [0.25, 0.3) is 93.2 Å². The van der Waals surface area contributed by atoms with Crippen LogP contribution in [0, 0.1) is 0 Å². The molecule has 3 nitrogen and oxygen atoms in total. The number of anilines is 1.